The number of benzene rings is 2. The molecule has 3 atom stereocenters. The van der Waals surface area contributed by atoms with Gasteiger partial charge >= 0.3 is 11.9 Å². The van der Waals surface area contributed by atoms with E-state index in [-0.39, 0.29) is 6.61 Å². The largest absolute Gasteiger partial charge is 0.465 e. The highest BCUT2D eigenvalue weighted by molar-refractivity contribution is 6.21. The Bertz CT molecular complexity index is 1120. The molecule has 1 fully saturated rings. The summed E-state index contributed by atoms with van der Waals surface area (Å²) in [5.74, 6) is -4.05. The van der Waals surface area contributed by atoms with Crippen LogP contribution in [0.3, 0.4) is 0 Å². The molecule has 3 unspecified atom stereocenters. The molecule has 2 aromatic carbocycles. The maximum atomic E-state index is 13.6. The molecule has 7 nitrogen and oxygen atoms in total. The highest BCUT2D eigenvalue weighted by atomic mass is 16.5. The number of carbonyl (C=O) groups is 4. The Hall–Kier alpha value is -3.48. The Morgan fingerprint density at radius 3 is 2.41 bits per heavy atom. The van der Waals surface area contributed by atoms with Gasteiger partial charge in [0, 0.05) is 17.2 Å². The molecule has 1 aliphatic carbocycles. The number of ether oxygens (including phenoxy) is 2. The van der Waals surface area contributed by atoms with E-state index in [0.717, 1.165) is 5.56 Å². The molecule has 0 aromatic heterocycles. The van der Waals surface area contributed by atoms with Crippen molar-refractivity contribution < 1.29 is 28.7 Å². The number of esters is 2. The molecule has 7 heteroatoms. The number of fused-ring (bicyclic) bond motifs is 3. The molecular weight excluding hydrogens is 410 g/mol. The van der Waals surface area contributed by atoms with E-state index in [2.05, 4.69) is 5.32 Å². The molecule has 0 saturated heterocycles. The summed E-state index contributed by atoms with van der Waals surface area (Å²) in [4.78, 5) is 52.8. The fraction of sp³-hybridized carbons (Fsp3) is 0.360. The zero-order valence-electron chi connectivity index (χ0n) is 18.4. The fourth-order valence-corrected chi connectivity index (χ4v) is 4.49. The number of carbonyl (C=O) groups excluding carboxylic acids is 4. The van der Waals surface area contributed by atoms with Crippen LogP contribution < -0.4 is 10.1 Å². The Morgan fingerprint density at radius 1 is 1.09 bits per heavy atom. The van der Waals surface area contributed by atoms with Gasteiger partial charge in [0.15, 0.2) is 11.2 Å². The first kappa shape index (κ1) is 21.7. The van der Waals surface area contributed by atoms with Gasteiger partial charge in [0.2, 0.25) is 5.91 Å². The lowest BCUT2D eigenvalue weighted by atomic mass is 9.82. The molecule has 166 valence electrons. The second-order valence-electron chi connectivity index (χ2n) is 8.78. The zero-order chi connectivity index (χ0) is 23.3. The highest BCUT2D eigenvalue weighted by Gasteiger charge is 2.81. The van der Waals surface area contributed by atoms with Crippen molar-refractivity contribution in [3.8, 4) is 5.75 Å². The van der Waals surface area contributed by atoms with Crippen molar-refractivity contribution in [2.45, 2.75) is 33.6 Å². The van der Waals surface area contributed by atoms with Gasteiger partial charge in [-0.1, -0.05) is 35.9 Å². The Kier molecular flexibility index (Phi) is 5.15. The number of anilines is 1. The van der Waals surface area contributed by atoms with Crippen LogP contribution in [-0.2, 0) is 23.9 Å². The third kappa shape index (κ3) is 3.11. The molecule has 1 aliphatic heterocycles. The van der Waals surface area contributed by atoms with Crippen molar-refractivity contribution in [2.24, 2.45) is 16.7 Å². The van der Waals surface area contributed by atoms with Crippen LogP contribution >= 0.6 is 0 Å². The molecule has 1 heterocycles. The topological polar surface area (TPSA) is 98.8 Å². The van der Waals surface area contributed by atoms with Gasteiger partial charge in [-0.25, -0.2) is 0 Å². The summed E-state index contributed by atoms with van der Waals surface area (Å²) in [7, 11) is 0. The van der Waals surface area contributed by atoms with Gasteiger partial charge in [0.25, 0.3) is 0 Å². The van der Waals surface area contributed by atoms with E-state index in [1.54, 1.807) is 43.3 Å². The van der Waals surface area contributed by atoms with Crippen molar-refractivity contribution in [2.75, 3.05) is 11.9 Å². The van der Waals surface area contributed by atoms with Crippen LogP contribution in [0.15, 0.2) is 48.5 Å². The second-order valence-corrected chi connectivity index (χ2v) is 8.78. The molecule has 1 saturated carbocycles. The van der Waals surface area contributed by atoms with Crippen LogP contribution in [0.5, 0.6) is 5.75 Å². The third-order valence-electron chi connectivity index (χ3n) is 6.37. The lowest BCUT2D eigenvalue weighted by molar-refractivity contribution is -0.160. The molecule has 0 spiro atoms. The van der Waals surface area contributed by atoms with Crippen LogP contribution in [0.4, 0.5) is 5.69 Å². The van der Waals surface area contributed by atoms with E-state index >= 15 is 0 Å². The maximum absolute atomic E-state index is 13.6. The van der Waals surface area contributed by atoms with Crippen LogP contribution in [-0.4, -0.2) is 30.2 Å². The van der Waals surface area contributed by atoms with Crippen LogP contribution in [0.2, 0.25) is 0 Å². The van der Waals surface area contributed by atoms with E-state index in [4.69, 9.17) is 9.47 Å². The lowest BCUT2D eigenvalue weighted by Gasteiger charge is -2.23. The van der Waals surface area contributed by atoms with E-state index in [9.17, 15) is 19.2 Å². The quantitative estimate of drug-likeness (QED) is 0.424. The first-order chi connectivity index (χ1) is 15.1. The zero-order valence-corrected chi connectivity index (χ0v) is 18.4. The second kappa shape index (κ2) is 7.58. The lowest BCUT2D eigenvalue weighted by Crippen LogP contribution is -2.43. The van der Waals surface area contributed by atoms with Crippen molar-refractivity contribution >= 4 is 29.3 Å². The van der Waals surface area contributed by atoms with E-state index < -0.39 is 46.3 Å². The predicted molar refractivity (Wildman–Crippen MR) is 116 cm³/mol. The number of aryl methyl sites for hydroxylation is 1. The highest BCUT2D eigenvalue weighted by Crippen LogP contribution is 2.70. The van der Waals surface area contributed by atoms with Gasteiger partial charge < -0.3 is 14.8 Å². The molecule has 0 radical (unpaired) electrons. The number of hydrogen-bond donors (Lipinski definition) is 1. The summed E-state index contributed by atoms with van der Waals surface area (Å²) < 4.78 is 10.6. The molecule has 2 aromatic rings. The Morgan fingerprint density at radius 2 is 1.75 bits per heavy atom. The summed E-state index contributed by atoms with van der Waals surface area (Å²) >= 11 is 0. The first-order valence-electron chi connectivity index (χ1n) is 10.6. The molecule has 32 heavy (non-hydrogen) atoms. The molecule has 0 bridgehead atoms. The summed E-state index contributed by atoms with van der Waals surface area (Å²) in [6.07, 6.45) is 0. The van der Waals surface area contributed by atoms with E-state index in [1.807, 2.05) is 19.1 Å². The van der Waals surface area contributed by atoms with Crippen LogP contribution in [0.1, 0.15) is 37.8 Å². The molecule has 1 N–H and O–H groups in total. The van der Waals surface area contributed by atoms with Crippen molar-refractivity contribution in [1.29, 1.82) is 0 Å². The average molecular weight is 435 g/mol. The monoisotopic (exact) mass is 435 g/mol. The predicted octanol–water partition coefficient (Wildman–Crippen LogP) is 3.41. The summed E-state index contributed by atoms with van der Waals surface area (Å²) in [5.41, 5.74) is -1.14. The fourth-order valence-electron chi connectivity index (χ4n) is 4.49. The number of hydrogen-bond acceptors (Lipinski definition) is 6. The third-order valence-corrected chi connectivity index (χ3v) is 6.37. The minimum atomic E-state index is -1.74. The van der Waals surface area contributed by atoms with E-state index in [1.165, 1.54) is 13.8 Å². The van der Waals surface area contributed by atoms with Gasteiger partial charge in [-0.05, 0) is 45.9 Å². The van der Waals surface area contributed by atoms with Gasteiger partial charge in [0.05, 0.1) is 12.5 Å². The molecule has 2 aliphatic rings. The minimum Gasteiger partial charge on any atom is -0.465 e. The van der Waals surface area contributed by atoms with Gasteiger partial charge in [-0.15, -0.1) is 0 Å². The van der Waals surface area contributed by atoms with Crippen LogP contribution in [0, 0.1) is 23.7 Å². The smallest absolute Gasteiger partial charge is 0.328 e. The number of Topliss-reactive ketones (excluding diaryl/α,β-unsaturated/α-hetero) is 1. The average Bonchev–Trinajstić information content (AvgIpc) is 3.47. The Labute approximate surface area is 186 Å². The molecule has 4 rings (SSSR count). The van der Waals surface area contributed by atoms with Crippen LogP contribution in [0.25, 0.3) is 0 Å². The summed E-state index contributed by atoms with van der Waals surface area (Å²) in [6, 6.07) is 14.0. The van der Waals surface area contributed by atoms with Crippen molar-refractivity contribution in [3.63, 3.8) is 0 Å². The number of para-hydroxylation sites is 1. The first-order valence-corrected chi connectivity index (χ1v) is 10.6. The number of rotatable bonds is 6. The minimum absolute atomic E-state index is 0.119. The maximum Gasteiger partial charge on any atom is 0.328 e. The Balaban J connectivity index is 1.76. The molecular formula is C25H25NO6. The normalized spacial score (nSPS) is 23.3. The van der Waals surface area contributed by atoms with Gasteiger partial charge in [-0.3, -0.25) is 19.2 Å². The van der Waals surface area contributed by atoms with E-state index in [0.29, 0.717) is 17.0 Å². The van der Waals surface area contributed by atoms with Gasteiger partial charge in [0.1, 0.15) is 11.2 Å². The standard InChI is InChI=1S/C25H25NO6/c1-5-31-22(29)24(3,4)20(27)19-18-16-8-6-7-9-17(16)32-23(30)25(18,19)21(28)26-15-12-10-14(2)11-13-15/h6-13,18-19H,5H2,1-4H3,(H,26,28). The van der Waals surface area contributed by atoms with Crippen molar-refractivity contribution in [1.82, 2.24) is 0 Å². The summed E-state index contributed by atoms with van der Waals surface area (Å²) in [5, 5.41) is 2.76. The SMILES string of the molecule is CCOC(=O)C(C)(C)C(=O)C1C2c3ccccc3OC(=O)C12C(=O)Nc1ccc(C)cc1. The van der Waals surface area contributed by atoms with Gasteiger partial charge in [-0.2, -0.15) is 0 Å². The number of nitrogens with one attached hydrogen (secondary N) is 1. The summed E-state index contributed by atoms with van der Waals surface area (Å²) in [6.45, 7) is 6.61. The number of ketones is 1. The number of amides is 1. The molecule has 1 amide bonds. The van der Waals surface area contributed by atoms with Crippen molar-refractivity contribution in [3.05, 3.63) is 59.7 Å².